The molecule has 3 heteroatoms. The SMILES string of the molecule is Bc1ccc([S@+]([O-])CC)cc1. The Labute approximate surface area is 71.4 Å². The van der Waals surface area contributed by atoms with E-state index in [0.717, 1.165) is 4.90 Å². The van der Waals surface area contributed by atoms with E-state index in [1.54, 1.807) is 0 Å². The lowest BCUT2D eigenvalue weighted by atomic mass is 9.97. The van der Waals surface area contributed by atoms with Crippen molar-refractivity contribution < 1.29 is 4.55 Å². The van der Waals surface area contributed by atoms with Gasteiger partial charge in [0.15, 0.2) is 4.90 Å². The van der Waals surface area contributed by atoms with Crippen LogP contribution in [-0.4, -0.2) is 18.2 Å². The van der Waals surface area contributed by atoms with Crippen molar-refractivity contribution in [3.8, 4) is 0 Å². The maximum Gasteiger partial charge on any atom is 0.152 e. The maximum atomic E-state index is 11.2. The molecule has 1 nitrogen and oxygen atoms in total. The van der Waals surface area contributed by atoms with Crippen LogP contribution < -0.4 is 5.46 Å². The second-order valence-electron chi connectivity index (χ2n) is 2.45. The van der Waals surface area contributed by atoms with Crippen LogP contribution in [0.2, 0.25) is 0 Å². The molecule has 0 aliphatic heterocycles. The Hall–Kier alpha value is -0.405. The minimum atomic E-state index is -0.799. The van der Waals surface area contributed by atoms with Crippen molar-refractivity contribution in [3.05, 3.63) is 24.3 Å². The van der Waals surface area contributed by atoms with Gasteiger partial charge in [0.25, 0.3) is 0 Å². The van der Waals surface area contributed by atoms with Crippen LogP contribution >= 0.6 is 0 Å². The van der Waals surface area contributed by atoms with Gasteiger partial charge in [-0.05, 0) is 30.2 Å². The van der Waals surface area contributed by atoms with Gasteiger partial charge in [0.1, 0.15) is 13.6 Å². The number of hydrogen-bond donors (Lipinski definition) is 0. The van der Waals surface area contributed by atoms with Crippen LogP contribution in [0.3, 0.4) is 0 Å². The van der Waals surface area contributed by atoms with Crippen LogP contribution in [0.5, 0.6) is 0 Å². The fourth-order valence-electron chi connectivity index (χ4n) is 0.857. The van der Waals surface area contributed by atoms with Gasteiger partial charge in [-0.2, -0.15) is 0 Å². The van der Waals surface area contributed by atoms with Crippen molar-refractivity contribution >= 4 is 24.5 Å². The minimum Gasteiger partial charge on any atom is -0.611 e. The topological polar surface area (TPSA) is 23.1 Å². The van der Waals surface area contributed by atoms with Gasteiger partial charge >= 0.3 is 0 Å². The molecule has 0 amide bonds. The Morgan fingerprint density at radius 3 is 2.36 bits per heavy atom. The normalized spacial score (nSPS) is 12.9. The van der Waals surface area contributed by atoms with E-state index in [9.17, 15) is 4.55 Å². The van der Waals surface area contributed by atoms with Crippen molar-refractivity contribution in [3.63, 3.8) is 0 Å². The summed E-state index contributed by atoms with van der Waals surface area (Å²) < 4.78 is 11.2. The maximum absolute atomic E-state index is 11.2. The van der Waals surface area contributed by atoms with E-state index in [0.29, 0.717) is 5.75 Å². The van der Waals surface area contributed by atoms with E-state index in [4.69, 9.17) is 0 Å². The Morgan fingerprint density at radius 1 is 1.36 bits per heavy atom. The summed E-state index contributed by atoms with van der Waals surface area (Å²) >= 11 is -0.799. The highest BCUT2D eigenvalue weighted by molar-refractivity contribution is 7.91. The van der Waals surface area contributed by atoms with E-state index in [1.165, 1.54) is 5.46 Å². The lowest BCUT2D eigenvalue weighted by Gasteiger charge is -2.06. The third-order valence-electron chi connectivity index (χ3n) is 1.55. The fraction of sp³-hybridized carbons (Fsp3) is 0.250. The summed E-state index contributed by atoms with van der Waals surface area (Å²) in [5, 5.41) is 0. The zero-order valence-electron chi connectivity index (χ0n) is 6.83. The second kappa shape index (κ2) is 3.84. The lowest BCUT2D eigenvalue weighted by Crippen LogP contribution is -2.06. The molecule has 1 rings (SSSR count). The molecule has 0 unspecified atom stereocenters. The molecule has 0 aliphatic carbocycles. The van der Waals surface area contributed by atoms with Gasteiger partial charge in [-0.15, -0.1) is 0 Å². The lowest BCUT2D eigenvalue weighted by molar-refractivity contribution is 0.596. The molecule has 0 aromatic heterocycles. The molecule has 0 fully saturated rings. The standard InChI is InChI=1S/C8H11BOS/c1-2-11(10)8-5-3-7(9)4-6-8/h3-6H,2,9H2,1H3/t11-/m1/s1. The first-order valence-electron chi connectivity index (χ1n) is 3.69. The molecule has 58 valence electrons. The average molecular weight is 166 g/mol. The molecule has 0 aliphatic rings. The van der Waals surface area contributed by atoms with Crippen molar-refractivity contribution in [2.24, 2.45) is 0 Å². The van der Waals surface area contributed by atoms with Crippen molar-refractivity contribution in [2.75, 3.05) is 5.75 Å². The van der Waals surface area contributed by atoms with E-state index >= 15 is 0 Å². The number of benzene rings is 1. The van der Waals surface area contributed by atoms with E-state index in [2.05, 4.69) is 0 Å². The Bertz CT molecular complexity index is 222. The summed E-state index contributed by atoms with van der Waals surface area (Å²) in [6, 6.07) is 7.83. The van der Waals surface area contributed by atoms with Gasteiger partial charge in [0.2, 0.25) is 0 Å². The van der Waals surface area contributed by atoms with Crippen LogP contribution in [0, 0.1) is 0 Å². The molecule has 0 N–H and O–H groups in total. The first-order valence-corrected chi connectivity index (χ1v) is 5.01. The summed E-state index contributed by atoms with van der Waals surface area (Å²) in [7, 11) is 2.03. The highest BCUT2D eigenvalue weighted by Gasteiger charge is 2.05. The summed E-state index contributed by atoms with van der Waals surface area (Å²) in [5.41, 5.74) is 1.21. The average Bonchev–Trinajstić information content (AvgIpc) is 2.05. The highest BCUT2D eigenvalue weighted by atomic mass is 32.2. The second-order valence-corrected chi connectivity index (χ2v) is 4.19. The summed E-state index contributed by atoms with van der Waals surface area (Å²) in [4.78, 5) is 0.929. The molecule has 0 bridgehead atoms. The van der Waals surface area contributed by atoms with Gasteiger partial charge in [0, 0.05) is 0 Å². The summed E-state index contributed by atoms with van der Waals surface area (Å²) in [5.74, 6) is 0.697. The molecule has 1 aromatic rings. The quantitative estimate of drug-likeness (QED) is 0.450. The molecule has 0 radical (unpaired) electrons. The van der Waals surface area contributed by atoms with E-state index in [1.807, 2.05) is 39.0 Å². The first kappa shape index (κ1) is 8.69. The van der Waals surface area contributed by atoms with Gasteiger partial charge < -0.3 is 4.55 Å². The molecule has 0 saturated heterocycles. The smallest absolute Gasteiger partial charge is 0.152 e. The molecule has 1 aromatic carbocycles. The molecule has 0 heterocycles. The van der Waals surface area contributed by atoms with Crippen LogP contribution in [0.15, 0.2) is 29.2 Å². The van der Waals surface area contributed by atoms with Crippen LogP contribution in [0.4, 0.5) is 0 Å². The molecular formula is C8H11BOS. The zero-order valence-corrected chi connectivity index (χ0v) is 7.65. The molecule has 11 heavy (non-hydrogen) atoms. The van der Waals surface area contributed by atoms with Gasteiger partial charge in [-0.25, -0.2) is 0 Å². The molecule has 0 saturated carbocycles. The van der Waals surface area contributed by atoms with Gasteiger partial charge in [-0.3, -0.25) is 0 Å². The zero-order chi connectivity index (χ0) is 8.27. The predicted octanol–water partition coefficient (Wildman–Crippen LogP) is 0.0725. The predicted molar refractivity (Wildman–Crippen MR) is 51.6 cm³/mol. The van der Waals surface area contributed by atoms with Crippen LogP contribution in [0.25, 0.3) is 0 Å². The Balaban J connectivity index is 2.81. The van der Waals surface area contributed by atoms with Crippen molar-refractivity contribution in [1.82, 2.24) is 0 Å². The number of rotatable bonds is 2. The molecule has 1 atom stereocenters. The number of hydrogen-bond acceptors (Lipinski definition) is 1. The molecule has 0 spiro atoms. The molecular weight excluding hydrogens is 155 g/mol. The minimum absolute atomic E-state index is 0.697. The van der Waals surface area contributed by atoms with E-state index in [-0.39, 0.29) is 0 Å². The third-order valence-corrected chi connectivity index (χ3v) is 2.87. The van der Waals surface area contributed by atoms with E-state index < -0.39 is 11.2 Å². The van der Waals surface area contributed by atoms with Crippen LogP contribution in [-0.2, 0) is 11.2 Å². The van der Waals surface area contributed by atoms with Crippen molar-refractivity contribution in [2.45, 2.75) is 11.8 Å². The van der Waals surface area contributed by atoms with Crippen molar-refractivity contribution in [1.29, 1.82) is 0 Å². The summed E-state index contributed by atoms with van der Waals surface area (Å²) in [6.45, 7) is 1.93. The van der Waals surface area contributed by atoms with Gasteiger partial charge in [-0.1, -0.05) is 17.6 Å². The van der Waals surface area contributed by atoms with Gasteiger partial charge in [0.05, 0.1) is 0 Å². The monoisotopic (exact) mass is 166 g/mol. The first-order chi connectivity index (χ1) is 5.24. The largest absolute Gasteiger partial charge is 0.611 e. The Kier molecular flexibility index (Phi) is 3.03. The highest BCUT2D eigenvalue weighted by Crippen LogP contribution is 2.07. The third kappa shape index (κ3) is 2.28. The fourth-order valence-corrected chi connectivity index (χ4v) is 1.63. The van der Waals surface area contributed by atoms with Crippen LogP contribution in [0.1, 0.15) is 6.92 Å². The summed E-state index contributed by atoms with van der Waals surface area (Å²) in [6.07, 6.45) is 0. The Morgan fingerprint density at radius 2 is 1.91 bits per heavy atom.